The number of nitrogens with one attached hydrogen (secondary N) is 1. The molecular weight excluding hydrogens is 309 g/mol. The second kappa shape index (κ2) is 8.04. The SMILES string of the molecule is CCNC(CCCc1cccs1)c1ccc(Cl)c(Cl)c1. The molecule has 2 aromatic rings. The van der Waals surface area contributed by atoms with Crippen LogP contribution in [0.25, 0.3) is 0 Å². The number of hydrogen-bond donors (Lipinski definition) is 1. The first-order valence-corrected chi connectivity index (χ1v) is 8.55. The van der Waals surface area contributed by atoms with Crippen molar-refractivity contribution in [2.45, 2.75) is 32.2 Å². The van der Waals surface area contributed by atoms with Crippen LogP contribution in [-0.2, 0) is 6.42 Å². The summed E-state index contributed by atoms with van der Waals surface area (Å²) in [6.07, 6.45) is 3.41. The van der Waals surface area contributed by atoms with E-state index in [0.717, 1.165) is 19.4 Å². The van der Waals surface area contributed by atoms with Gasteiger partial charge in [-0.15, -0.1) is 11.3 Å². The van der Waals surface area contributed by atoms with Crippen LogP contribution in [0.5, 0.6) is 0 Å². The number of hydrogen-bond acceptors (Lipinski definition) is 2. The fraction of sp³-hybridized carbons (Fsp3) is 0.375. The van der Waals surface area contributed by atoms with Gasteiger partial charge in [-0.3, -0.25) is 0 Å². The summed E-state index contributed by atoms with van der Waals surface area (Å²) in [7, 11) is 0. The summed E-state index contributed by atoms with van der Waals surface area (Å²) in [4.78, 5) is 1.45. The first-order valence-electron chi connectivity index (χ1n) is 6.91. The van der Waals surface area contributed by atoms with Gasteiger partial charge >= 0.3 is 0 Å². The van der Waals surface area contributed by atoms with E-state index in [4.69, 9.17) is 23.2 Å². The number of benzene rings is 1. The Bertz CT molecular complexity index is 525. The number of thiophene rings is 1. The molecule has 1 atom stereocenters. The van der Waals surface area contributed by atoms with E-state index in [1.165, 1.54) is 16.9 Å². The number of halogens is 2. The maximum absolute atomic E-state index is 6.12. The highest BCUT2D eigenvalue weighted by Crippen LogP contribution is 2.28. The van der Waals surface area contributed by atoms with Crippen molar-refractivity contribution in [3.8, 4) is 0 Å². The zero-order valence-electron chi connectivity index (χ0n) is 11.5. The molecule has 1 heterocycles. The van der Waals surface area contributed by atoms with Gasteiger partial charge in [0, 0.05) is 10.9 Å². The minimum absolute atomic E-state index is 0.342. The molecule has 108 valence electrons. The van der Waals surface area contributed by atoms with E-state index in [9.17, 15) is 0 Å². The van der Waals surface area contributed by atoms with Crippen LogP contribution in [0.1, 0.15) is 36.2 Å². The van der Waals surface area contributed by atoms with E-state index in [1.54, 1.807) is 0 Å². The zero-order chi connectivity index (χ0) is 14.4. The molecule has 0 saturated carbocycles. The van der Waals surface area contributed by atoms with Gasteiger partial charge in [0.05, 0.1) is 10.0 Å². The summed E-state index contributed by atoms with van der Waals surface area (Å²) in [6.45, 7) is 3.08. The van der Waals surface area contributed by atoms with Gasteiger partial charge < -0.3 is 5.32 Å². The summed E-state index contributed by atoms with van der Waals surface area (Å²) >= 11 is 13.9. The van der Waals surface area contributed by atoms with Crippen LogP contribution in [0.2, 0.25) is 10.0 Å². The predicted molar refractivity (Wildman–Crippen MR) is 90.1 cm³/mol. The van der Waals surface area contributed by atoms with E-state index < -0.39 is 0 Å². The average molecular weight is 328 g/mol. The Balaban J connectivity index is 1.96. The molecule has 1 aromatic carbocycles. The molecule has 0 radical (unpaired) electrons. The lowest BCUT2D eigenvalue weighted by Gasteiger charge is -2.18. The van der Waals surface area contributed by atoms with Crippen molar-refractivity contribution in [3.05, 3.63) is 56.2 Å². The third-order valence-corrected chi connectivity index (χ3v) is 4.97. The fourth-order valence-electron chi connectivity index (χ4n) is 2.30. The van der Waals surface area contributed by atoms with Crippen molar-refractivity contribution >= 4 is 34.5 Å². The first kappa shape index (κ1) is 15.8. The van der Waals surface area contributed by atoms with Crippen LogP contribution >= 0.6 is 34.5 Å². The van der Waals surface area contributed by atoms with Gasteiger partial charge in [-0.1, -0.05) is 42.3 Å². The summed E-state index contributed by atoms with van der Waals surface area (Å²) in [5.74, 6) is 0. The Morgan fingerprint density at radius 1 is 1.20 bits per heavy atom. The molecule has 1 aromatic heterocycles. The summed E-state index contributed by atoms with van der Waals surface area (Å²) in [5.41, 5.74) is 1.22. The van der Waals surface area contributed by atoms with E-state index in [0.29, 0.717) is 16.1 Å². The monoisotopic (exact) mass is 327 g/mol. The first-order chi connectivity index (χ1) is 9.70. The molecule has 0 aliphatic rings. The minimum atomic E-state index is 0.342. The molecule has 0 aliphatic carbocycles. The summed E-state index contributed by atoms with van der Waals surface area (Å²) in [6, 6.07) is 10.6. The molecule has 1 nitrogen and oxygen atoms in total. The topological polar surface area (TPSA) is 12.0 Å². The maximum Gasteiger partial charge on any atom is 0.0595 e. The number of rotatable bonds is 7. The van der Waals surface area contributed by atoms with Crippen LogP contribution < -0.4 is 5.32 Å². The molecule has 0 amide bonds. The van der Waals surface area contributed by atoms with Crippen molar-refractivity contribution in [1.29, 1.82) is 0 Å². The molecule has 2 rings (SSSR count). The van der Waals surface area contributed by atoms with Gasteiger partial charge in [-0.05, 0) is 54.9 Å². The van der Waals surface area contributed by atoms with E-state index in [1.807, 2.05) is 23.5 Å². The van der Waals surface area contributed by atoms with Gasteiger partial charge in [0.2, 0.25) is 0 Å². The lowest BCUT2D eigenvalue weighted by atomic mass is 10.0. The van der Waals surface area contributed by atoms with E-state index in [-0.39, 0.29) is 0 Å². The van der Waals surface area contributed by atoms with Gasteiger partial charge in [-0.25, -0.2) is 0 Å². The summed E-state index contributed by atoms with van der Waals surface area (Å²) in [5, 5.41) is 6.91. The van der Waals surface area contributed by atoms with Crippen LogP contribution in [0, 0.1) is 0 Å². The fourth-order valence-corrected chi connectivity index (χ4v) is 3.36. The smallest absolute Gasteiger partial charge is 0.0595 e. The molecule has 0 spiro atoms. The molecule has 1 N–H and O–H groups in total. The van der Waals surface area contributed by atoms with Gasteiger partial charge in [0.1, 0.15) is 0 Å². The molecule has 20 heavy (non-hydrogen) atoms. The highest BCUT2D eigenvalue weighted by Gasteiger charge is 2.11. The molecule has 1 unspecified atom stereocenters. The molecular formula is C16H19Cl2NS. The van der Waals surface area contributed by atoms with Crippen molar-refractivity contribution < 1.29 is 0 Å². The molecule has 0 saturated heterocycles. The van der Waals surface area contributed by atoms with Crippen LogP contribution in [0.15, 0.2) is 35.7 Å². The highest BCUT2D eigenvalue weighted by molar-refractivity contribution is 7.09. The normalized spacial score (nSPS) is 12.6. The highest BCUT2D eigenvalue weighted by atomic mass is 35.5. The Morgan fingerprint density at radius 3 is 2.70 bits per heavy atom. The Morgan fingerprint density at radius 2 is 2.05 bits per heavy atom. The van der Waals surface area contributed by atoms with Crippen molar-refractivity contribution in [2.24, 2.45) is 0 Å². The standard InChI is InChI=1S/C16H19Cl2NS/c1-2-19-16(7-3-5-13-6-4-10-20-13)12-8-9-14(17)15(18)11-12/h4,6,8-11,16,19H,2-3,5,7H2,1H3. The third-order valence-electron chi connectivity index (χ3n) is 3.29. The van der Waals surface area contributed by atoms with Crippen LogP contribution in [0.4, 0.5) is 0 Å². The largest absolute Gasteiger partial charge is 0.310 e. The molecule has 0 bridgehead atoms. The lowest BCUT2D eigenvalue weighted by molar-refractivity contribution is 0.499. The van der Waals surface area contributed by atoms with Crippen molar-refractivity contribution in [1.82, 2.24) is 5.32 Å². The van der Waals surface area contributed by atoms with Crippen LogP contribution in [-0.4, -0.2) is 6.54 Å². The Hall–Kier alpha value is -0.540. The van der Waals surface area contributed by atoms with Crippen molar-refractivity contribution in [2.75, 3.05) is 6.54 Å². The Labute approximate surface area is 134 Å². The molecule has 0 aliphatic heterocycles. The molecule has 4 heteroatoms. The van der Waals surface area contributed by atoms with Crippen LogP contribution in [0.3, 0.4) is 0 Å². The quantitative estimate of drug-likeness (QED) is 0.684. The predicted octanol–water partition coefficient (Wildman–Crippen LogP) is 5.73. The lowest BCUT2D eigenvalue weighted by Crippen LogP contribution is -2.21. The Kier molecular flexibility index (Phi) is 6.37. The minimum Gasteiger partial charge on any atom is -0.310 e. The number of aryl methyl sites for hydroxylation is 1. The third kappa shape index (κ3) is 4.49. The van der Waals surface area contributed by atoms with Gasteiger partial charge in [-0.2, -0.15) is 0 Å². The molecule has 0 fully saturated rings. The summed E-state index contributed by atoms with van der Waals surface area (Å²) < 4.78 is 0. The van der Waals surface area contributed by atoms with E-state index >= 15 is 0 Å². The maximum atomic E-state index is 6.12. The van der Waals surface area contributed by atoms with Gasteiger partial charge in [0.25, 0.3) is 0 Å². The second-order valence-corrected chi connectivity index (χ2v) is 6.60. The second-order valence-electron chi connectivity index (χ2n) is 4.76. The van der Waals surface area contributed by atoms with E-state index in [2.05, 4.69) is 35.8 Å². The zero-order valence-corrected chi connectivity index (χ0v) is 13.9. The average Bonchev–Trinajstić information content (AvgIpc) is 2.94. The van der Waals surface area contributed by atoms with Crippen molar-refractivity contribution in [3.63, 3.8) is 0 Å². The van der Waals surface area contributed by atoms with Gasteiger partial charge in [0.15, 0.2) is 0 Å².